The Morgan fingerprint density at radius 3 is 2.62 bits per heavy atom. The Morgan fingerprint density at radius 1 is 1.46 bits per heavy atom. The zero-order valence-electron chi connectivity index (χ0n) is 9.10. The summed E-state index contributed by atoms with van der Waals surface area (Å²) in [5, 5.41) is 12.4. The molecule has 2 N–H and O–H groups in total. The molecule has 0 aliphatic heterocycles. The molecular formula is C10H23NO2. The van der Waals surface area contributed by atoms with Gasteiger partial charge < -0.3 is 15.2 Å². The van der Waals surface area contributed by atoms with E-state index in [9.17, 15) is 0 Å². The maximum absolute atomic E-state index is 9.12. The highest BCUT2D eigenvalue weighted by atomic mass is 16.5. The van der Waals surface area contributed by atoms with Crippen molar-refractivity contribution in [3.8, 4) is 0 Å². The number of methoxy groups -OCH3 is 1. The van der Waals surface area contributed by atoms with E-state index in [-0.39, 0.29) is 12.0 Å². The Morgan fingerprint density at radius 2 is 2.15 bits per heavy atom. The lowest BCUT2D eigenvalue weighted by atomic mass is 9.89. The van der Waals surface area contributed by atoms with Crippen LogP contribution in [-0.2, 0) is 4.74 Å². The highest BCUT2D eigenvalue weighted by Crippen LogP contribution is 2.17. The molecule has 0 aliphatic carbocycles. The molecule has 3 nitrogen and oxygen atoms in total. The molecule has 0 saturated heterocycles. The van der Waals surface area contributed by atoms with Crippen molar-refractivity contribution in [2.45, 2.75) is 26.7 Å². The Bertz CT molecular complexity index is 113. The number of rotatable bonds is 8. The topological polar surface area (TPSA) is 41.5 Å². The van der Waals surface area contributed by atoms with Crippen molar-refractivity contribution < 1.29 is 9.84 Å². The SMILES string of the molecule is CCC(C)(CO)CNCCCOC. The molecule has 0 aromatic heterocycles. The van der Waals surface area contributed by atoms with Gasteiger partial charge in [-0.3, -0.25) is 0 Å². The van der Waals surface area contributed by atoms with Gasteiger partial charge in [0.25, 0.3) is 0 Å². The standard InChI is InChI=1S/C10H23NO2/c1-4-10(2,9-12)8-11-6-5-7-13-3/h11-12H,4-9H2,1-3H3. The van der Waals surface area contributed by atoms with Crippen molar-refractivity contribution in [1.29, 1.82) is 0 Å². The second-order valence-corrected chi connectivity index (χ2v) is 3.85. The minimum absolute atomic E-state index is 0.0348. The molecule has 0 aromatic carbocycles. The lowest BCUT2D eigenvalue weighted by Crippen LogP contribution is -2.35. The van der Waals surface area contributed by atoms with Crippen molar-refractivity contribution in [3.63, 3.8) is 0 Å². The summed E-state index contributed by atoms with van der Waals surface area (Å²) in [6, 6.07) is 0. The highest BCUT2D eigenvalue weighted by molar-refractivity contribution is 4.73. The number of hydrogen-bond donors (Lipinski definition) is 2. The van der Waals surface area contributed by atoms with Crippen LogP contribution in [0.3, 0.4) is 0 Å². The maximum atomic E-state index is 9.12. The Balaban J connectivity index is 3.39. The second kappa shape index (κ2) is 7.30. The first kappa shape index (κ1) is 12.9. The van der Waals surface area contributed by atoms with Crippen LogP contribution < -0.4 is 5.32 Å². The van der Waals surface area contributed by atoms with Crippen LogP contribution in [0.25, 0.3) is 0 Å². The number of ether oxygens (including phenoxy) is 1. The predicted octanol–water partition coefficient (Wildman–Crippen LogP) is 1.02. The molecule has 0 fully saturated rings. The van der Waals surface area contributed by atoms with Crippen molar-refractivity contribution in [3.05, 3.63) is 0 Å². The summed E-state index contributed by atoms with van der Waals surface area (Å²) >= 11 is 0. The van der Waals surface area contributed by atoms with E-state index < -0.39 is 0 Å². The van der Waals surface area contributed by atoms with Gasteiger partial charge in [-0.05, 0) is 19.4 Å². The van der Waals surface area contributed by atoms with Gasteiger partial charge >= 0.3 is 0 Å². The van der Waals surface area contributed by atoms with Crippen molar-refractivity contribution >= 4 is 0 Å². The van der Waals surface area contributed by atoms with E-state index in [0.29, 0.717) is 0 Å². The first-order chi connectivity index (χ1) is 6.18. The number of aliphatic hydroxyl groups excluding tert-OH is 1. The Kier molecular flexibility index (Phi) is 7.23. The molecule has 0 bridgehead atoms. The summed E-state index contributed by atoms with van der Waals surface area (Å²) in [7, 11) is 1.71. The summed E-state index contributed by atoms with van der Waals surface area (Å²) in [4.78, 5) is 0. The average molecular weight is 189 g/mol. The van der Waals surface area contributed by atoms with E-state index >= 15 is 0 Å². The fourth-order valence-corrected chi connectivity index (χ4v) is 1.02. The second-order valence-electron chi connectivity index (χ2n) is 3.85. The smallest absolute Gasteiger partial charge is 0.0496 e. The minimum Gasteiger partial charge on any atom is -0.396 e. The fourth-order valence-electron chi connectivity index (χ4n) is 1.02. The van der Waals surface area contributed by atoms with Crippen LogP contribution in [0.15, 0.2) is 0 Å². The maximum Gasteiger partial charge on any atom is 0.0496 e. The van der Waals surface area contributed by atoms with Gasteiger partial charge in [-0.15, -0.1) is 0 Å². The first-order valence-corrected chi connectivity index (χ1v) is 4.99. The molecule has 0 saturated carbocycles. The number of nitrogens with one attached hydrogen (secondary N) is 1. The van der Waals surface area contributed by atoms with E-state index in [1.165, 1.54) is 0 Å². The van der Waals surface area contributed by atoms with Crippen LogP contribution in [0, 0.1) is 5.41 Å². The molecule has 0 amide bonds. The molecule has 13 heavy (non-hydrogen) atoms. The van der Waals surface area contributed by atoms with Gasteiger partial charge in [0.15, 0.2) is 0 Å². The van der Waals surface area contributed by atoms with Crippen LogP contribution in [0.4, 0.5) is 0 Å². The summed E-state index contributed by atoms with van der Waals surface area (Å²) in [5.74, 6) is 0. The van der Waals surface area contributed by atoms with Gasteiger partial charge in [-0.1, -0.05) is 13.8 Å². The first-order valence-electron chi connectivity index (χ1n) is 4.99. The Hall–Kier alpha value is -0.120. The molecule has 1 unspecified atom stereocenters. The third-order valence-electron chi connectivity index (χ3n) is 2.49. The normalized spacial score (nSPS) is 15.7. The van der Waals surface area contributed by atoms with Gasteiger partial charge in [-0.25, -0.2) is 0 Å². The van der Waals surface area contributed by atoms with E-state index in [1.807, 2.05) is 0 Å². The zero-order chi connectivity index (χ0) is 10.2. The zero-order valence-corrected chi connectivity index (χ0v) is 9.10. The highest BCUT2D eigenvalue weighted by Gasteiger charge is 2.19. The predicted molar refractivity (Wildman–Crippen MR) is 54.8 cm³/mol. The summed E-state index contributed by atoms with van der Waals surface area (Å²) in [6.45, 7) is 7.09. The van der Waals surface area contributed by atoms with Crippen molar-refractivity contribution in [2.24, 2.45) is 5.41 Å². The molecule has 0 aliphatic rings. The van der Waals surface area contributed by atoms with E-state index in [1.54, 1.807) is 7.11 Å². The molecule has 80 valence electrons. The third-order valence-corrected chi connectivity index (χ3v) is 2.49. The molecule has 0 rings (SSSR count). The van der Waals surface area contributed by atoms with Gasteiger partial charge in [0.05, 0.1) is 0 Å². The molecule has 0 radical (unpaired) electrons. The third kappa shape index (κ3) is 6.02. The quantitative estimate of drug-likeness (QED) is 0.560. The lowest BCUT2D eigenvalue weighted by molar-refractivity contribution is 0.133. The monoisotopic (exact) mass is 189 g/mol. The van der Waals surface area contributed by atoms with Gasteiger partial charge in [0.1, 0.15) is 0 Å². The molecular weight excluding hydrogens is 166 g/mol. The van der Waals surface area contributed by atoms with Crippen LogP contribution in [0.5, 0.6) is 0 Å². The van der Waals surface area contributed by atoms with Gasteiger partial charge in [-0.2, -0.15) is 0 Å². The average Bonchev–Trinajstić information content (AvgIpc) is 2.17. The lowest BCUT2D eigenvalue weighted by Gasteiger charge is -2.25. The van der Waals surface area contributed by atoms with Crippen LogP contribution >= 0.6 is 0 Å². The van der Waals surface area contributed by atoms with Crippen molar-refractivity contribution in [2.75, 3.05) is 33.4 Å². The van der Waals surface area contributed by atoms with E-state index in [0.717, 1.165) is 32.5 Å². The van der Waals surface area contributed by atoms with Crippen LogP contribution in [-0.4, -0.2) is 38.5 Å². The van der Waals surface area contributed by atoms with Gasteiger partial charge in [0.2, 0.25) is 0 Å². The molecule has 3 heteroatoms. The van der Waals surface area contributed by atoms with Gasteiger partial charge in [0, 0.05) is 32.3 Å². The molecule has 1 atom stereocenters. The number of aliphatic hydroxyl groups is 1. The molecule has 0 heterocycles. The molecule has 0 aromatic rings. The fraction of sp³-hybridized carbons (Fsp3) is 1.00. The van der Waals surface area contributed by atoms with Crippen LogP contribution in [0.1, 0.15) is 26.7 Å². The summed E-state index contributed by atoms with van der Waals surface area (Å²) < 4.78 is 4.94. The molecule has 0 spiro atoms. The van der Waals surface area contributed by atoms with E-state index in [4.69, 9.17) is 9.84 Å². The van der Waals surface area contributed by atoms with Crippen LogP contribution in [0.2, 0.25) is 0 Å². The van der Waals surface area contributed by atoms with Crippen molar-refractivity contribution in [1.82, 2.24) is 5.32 Å². The number of hydrogen-bond acceptors (Lipinski definition) is 3. The van der Waals surface area contributed by atoms with E-state index in [2.05, 4.69) is 19.2 Å². The Labute approximate surface area is 81.5 Å². The largest absolute Gasteiger partial charge is 0.396 e. The minimum atomic E-state index is 0.0348. The summed E-state index contributed by atoms with van der Waals surface area (Å²) in [5.41, 5.74) is 0.0348. The summed E-state index contributed by atoms with van der Waals surface area (Å²) in [6.07, 6.45) is 2.03.